The Hall–Kier alpha value is -0.650. The molecule has 0 heterocycles. The monoisotopic (exact) mass is 196 g/mol. The highest BCUT2D eigenvalue weighted by molar-refractivity contribution is 5.32. The molecule has 0 aliphatic heterocycles. The molecule has 1 atom stereocenters. The molecular weight excluding hydrogens is 176 g/mol. The van der Waals surface area contributed by atoms with E-state index in [-0.39, 0.29) is 13.1 Å². The zero-order valence-electron chi connectivity index (χ0n) is 8.43. The van der Waals surface area contributed by atoms with Gasteiger partial charge < -0.3 is 20.1 Å². The average Bonchev–Trinajstić information content (AvgIpc) is 2.08. The van der Waals surface area contributed by atoms with E-state index in [0.29, 0.717) is 0 Å². The van der Waals surface area contributed by atoms with Gasteiger partial charge >= 0.3 is 0 Å². The van der Waals surface area contributed by atoms with Crippen molar-refractivity contribution in [2.75, 3.05) is 19.8 Å². The second-order valence-corrected chi connectivity index (χ2v) is 1.92. The van der Waals surface area contributed by atoms with Gasteiger partial charge in [-0.1, -0.05) is 0 Å². The molecule has 0 saturated heterocycles. The first-order valence-corrected chi connectivity index (χ1v) is 4.05. The van der Waals surface area contributed by atoms with Crippen LogP contribution in [-0.4, -0.2) is 47.7 Å². The minimum Gasteiger partial charge on any atom is -0.483 e. The molecule has 13 heavy (non-hydrogen) atoms. The van der Waals surface area contributed by atoms with Crippen LogP contribution < -0.4 is 0 Å². The summed E-state index contributed by atoms with van der Waals surface area (Å²) in [5, 5.41) is 22.9. The van der Waals surface area contributed by atoms with E-state index < -0.39 is 6.10 Å². The molecule has 0 aromatic rings. The second kappa shape index (κ2) is 22.5. The van der Waals surface area contributed by atoms with E-state index in [1.54, 1.807) is 0 Å². The third-order valence-electron chi connectivity index (χ3n) is 0.672. The van der Waals surface area contributed by atoms with Gasteiger partial charge in [-0.15, -0.1) is 0 Å². The summed E-state index contributed by atoms with van der Waals surface area (Å²) in [6.07, 6.45) is -0.560. The number of aliphatic hydroxyl groups excluding tert-OH is 2. The molecule has 0 saturated carbocycles. The van der Waals surface area contributed by atoms with Gasteiger partial charge in [0, 0.05) is 13.2 Å². The topological polar surface area (TPSA) is 87.0 Å². The van der Waals surface area contributed by atoms with Gasteiger partial charge in [-0.05, 0) is 20.8 Å². The van der Waals surface area contributed by atoms with Crippen LogP contribution in [-0.2, 0) is 9.53 Å². The second-order valence-electron chi connectivity index (χ2n) is 1.92. The summed E-state index contributed by atoms with van der Waals surface area (Å²) in [6.45, 7) is 6.81. The molecule has 82 valence electrons. The predicted molar refractivity (Wildman–Crippen MR) is 49.6 cm³/mol. The Labute approximate surface area is 79.0 Å². The molecule has 0 aliphatic rings. The zero-order valence-corrected chi connectivity index (χ0v) is 8.43. The summed E-state index contributed by atoms with van der Waals surface area (Å²) in [6, 6.07) is 0. The molecular formula is C8H20O5. The number of hydrogen-bond donors (Lipinski definition) is 3. The largest absolute Gasteiger partial charge is 0.483 e. The van der Waals surface area contributed by atoms with Gasteiger partial charge in [0.25, 0.3) is 6.47 Å². The smallest absolute Gasteiger partial charge is 0.290 e. The van der Waals surface area contributed by atoms with Crippen molar-refractivity contribution < 1.29 is 24.9 Å². The summed E-state index contributed by atoms with van der Waals surface area (Å²) >= 11 is 0. The lowest BCUT2D eigenvalue weighted by molar-refractivity contribution is -0.122. The SMILES string of the molecule is CC(O)CO.CCOCC.O=CO. The van der Waals surface area contributed by atoms with Crippen LogP contribution in [0.2, 0.25) is 0 Å². The van der Waals surface area contributed by atoms with Gasteiger partial charge in [0.2, 0.25) is 0 Å². The summed E-state index contributed by atoms with van der Waals surface area (Å²) in [4.78, 5) is 8.36. The van der Waals surface area contributed by atoms with Crippen LogP contribution in [0.3, 0.4) is 0 Å². The fourth-order valence-electron chi connectivity index (χ4n) is 0.204. The van der Waals surface area contributed by atoms with Crippen molar-refractivity contribution in [1.82, 2.24) is 0 Å². The molecule has 0 aliphatic carbocycles. The molecule has 3 N–H and O–H groups in total. The molecule has 0 aromatic heterocycles. The lowest BCUT2D eigenvalue weighted by Gasteiger charge is -1.90. The Morgan fingerprint density at radius 3 is 1.62 bits per heavy atom. The van der Waals surface area contributed by atoms with Crippen LogP contribution in [0.5, 0.6) is 0 Å². The Kier molecular flexibility index (Phi) is 31.5. The summed E-state index contributed by atoms with van der Waals surface area (Å²) in [7, 11) is 0. The quantitative estimate of drug-likeness (QED) is 0.557. The van der Waals surface area contributed by atoms with Gasteiger partial charge in [-0.25, -0.2) is 0 Å². The molecule has 1 unspecified atom stereocenters. The summed E-state index contributed by atoms with van der Waals surface area (Å²) in [5.74, 6) is 0. The van der Waals surface area contributed by atoms with Crippen molar-refractivity contribution in [2.45, 2.75) is 26.9 Å². The molecule has 0 spiro atoms. The highest BCUT2D eigenvalue weighted by atomic mass is 16.5. The third kappa shape index (κ3) is 88.4. The fourth-order valence-corrected chi connectivity index (χ4v) is 0.204. The van der Waals surface area contributed by atoms with Crippen molar-refractivity contribution in [3.05, 3.63) is 0 Å². The van der Waals surface area contributed by atoms with Crippen molar-refractivity contribution >= 4 is 6.47 Å². The van der Waals surface area contributed by atoms with E-state index in [1.165, 1.54) is 6.92 Å². The van der Waals surface area contributed by atoms with E-state index in [9.17, 15) is 0 Å². The van der Waals surface area contributed by atoms with E-state index in [0.717, 1.165) is 13.2 Å². The Bertz CT molecular complexity index is 72.9. The number of hydrogen-bond acceptors (Lipinski definition) is 4. The molecule has 0 fully saturated rings. The minimum atomic E-state index is -0.560. The molecule has 0 amide bonds. The number of rotatable bonds is 3. The van der Waals surface area contributed by atoms with Crippen LogP contribution in [0.1, 0.15) is 20.8 Å². The number of aliphatic hydroxyl groups is 2. The van der Waals surface area contributed by atoms with Gasteiger partial charge in [-0.2, -0.15) is 0 Å². The lowest BCUT2D eigenvalue weighted by atomic mass is 10.5. The van der Waals surface area contributed by atoms with E-state index >= 15 is 0 Å². The van der Waals surface area contributed by atoms with E-state index in [1.807, 2.05) is 13.8 Å². The maximum Gasteiger partial charge on any atom is 0.290 e. The maximum absolute atomic E-state index is 8.36. The van der Waals surface area contributed by atoms with Gasteiger partial charge in [-0.3, -0.25) is 4.79 Å². The first-order valence-electron chi connectivity index (χ1n) is 4.05. The Morgan fingerprint density at radius 1 is 1.38 bits per heavy atom. The van der Waals surface area contributed by atoms with E-state index in [4.69, 9.17) is 24.9 Å². The summed E-state index contributed by atoms with van der Waals surface area (Å²) < 4.78 is 4.83. The molecule has 0 rings (SSSR count). The van der Waals surface area contributed by atoms with Crippen molar-refractivity contribution in [2.24, 2.45) is 0 Å². The molecule has 5 heteroatoms. The fraction of sp³-hybridized carbons (Fsp3) is 0.875. The van der Waals surface area contributed by atoms with Gasteiger partial charge in [0.1, 0.15) is 0 Å². The Morgan fingerprint density at radius 2 is 1.62 bits per heavy atom. The third-order valence-corrected chi connectivity index (χ3v) is 0.672. The molecule has 5 nitrogen and oxygen atoms in total. The first kappa shape index (κ1) is 18.2. The highest BCUT2D eigenvalue weighted by Crippen LogP contribution is 1.68. The van der Waals surface area contributed by atoms with Crippen LogP contribution >= 0.6 is 0 Å². The van der Waals surface area contributed by atoms with Gasteiger partial charge in [0.05, 0.1) is 12.7 Å². The number of carboxylic acid groups (broad SMARTS) is 1. The predicted octanol–water partition coefficient (Wildman–Crippen LogP) is 0.103. The van der Waals surface area contributed by atoms with E-state index in [2.05, 4.69) is 0 Å². The van der Waals surface area contributed by atoms with Crippen LogP contribution in [0, 0.1) is 0 Å². The van der Waals surface area contributed by atoms with Crippen molar-refractivity contribution in [3.8, 4) is 0 Å². The normalized spacial score (nSPS) is 9.92. The van der Waals surface area contributed by atoms with Crippen molar-refractivity contribution in [1.29, 1.82) is 0 Å². The lowest BCUT2D eigenvalue weighted by Crippen LogP contribution is -2.03. The standard InChI is InChI=1S/C4H10O.C3H8O2.CH2O2/c1-3-5-4-2;1-3(5)2-4;2-1-3/h3-4H2,1-2H3;3-5H,2H2,1H3;1H,(H,2,3). The molecule has 0 aromatic carbocycles. The first-order chi connectivity index (χ1) is 6.10. The zero-order chi connectivity index (χ0) is 11.1. The minimum absolute atomic E-state index is 0.139. The number of ether oxygens (including phenoxy) is 1. The average molecular weight is 196 g/mol. The van der Waals surface area contributed by atoms with Crippen LogP contribution in [0.25, 0.3) is 0 Å². The molecule has 0 bridgehead atoms. The molecule has 0 radical (unpaired) electrons. The van der Waals surface area contributed by atoms with Crippen LogP contribution in [0.15, 0.2) is 0 Å². The van der Waals surface area contributed by atoms with Gasteiger partial charge in [0.15, 0.2) is 0 Å². The van der Waals surface area contributed by atoms with Crippen LogP contribution in [0.4, 0.5) is 0 Å². The maximum atomic E-state index is 8.36. The Balaban J connectivity index is -0.000000120. The van der Waals surface area contributed by atoms with Crippen molar-refractivity contribution in [3.63, 3.8) is 0 Å². The number of carbonyl (C=O) groups is 1. The summed E-state index contributed by atoms with van der Waals surface area (Å²) in [5.41, 5.74) is 0. The highest BCUT2D eigenvalue weighted by Gasteiger charge is 1.83.